The minimum atomic E-state index is 0.481. The number of rotatable bonds is 3. The van der Waals surface area contributed by atoms with Gasteiger partial charge in [-0.3, -0.25) is 0 Å². The van der Waals surface area contributed by atoms with Crippen LogP contribution in [-0.4, -0.2) is 55.6 Å². The SMILES string of the molecule is CC1CN(CC2CCC(N)C2)CC1N(C)C. The van der Waals surface area contributed by atoms with Crippen LogP contribution in [0.5, 0.6) is 0 Å². The number of likely N-dealkylation sites (N-methyl/N-ethyl adjacent to an activating group) is 1. The maximum Gasteiger partial charge on any atom is 0.0254 e. The van der Waals surface area contributed by atoms with Gasteiger partial charge >= 0.3 is 0 Å². The van der Waals surface area contributed by atoms with Crippen LogP contribution < -0.4 is 5.73 Å². The normalized spacial score (nSPS) is 41.1. The van der Waals surface area contributed by atoms with E-state index in [-0.39, 0.29) is 0 Å². The highest BCUT2D eigenvalue weighted by Crippen LogP contribution is 2.28. The van der Waals surface area contributed by atoms with Gasteiger partial charge in [0.2, 0.25) is 0 Å². The van der Waals surface area contributed by atoms with Crippen LogP contribution in [-0.2, 0) is 0 Å². The maximum absolute atomic E-state index is 5.98. The Bertz CT molecular complexity index is 229. The third kappa shape index (κ3) is 2.76. The number of hydrogen-bond acceptors (Lipinski definition) is 3. The molecule has 2 rings (SSSR count). The molecular weight excluding hydrogens is 198 g/mol. The Morgan fingerprint density at radius 1 is 1.25 bits per heavy atom. The molecule has 4 unspecified atom stereocenters. The van der Waals surface area contributed by atoms with E-state index in [1.165, 1.54) is 38.9 Å². The summed E-state index contributed by atoms with van der Waals surface area (Å²) in [4.78, 5) is 5.03. The summed E-state index contributed by atoms with van der Waals surface area (Å²) >= 11 is 0. The van der Waals surface area contributed by atoms with Crippen LogP contribution in [0.15, 0.2) is 0 Å². The molecule has 1 saturated carbocycles. The number of hydrogen-bond donors (Lipinski definition) is 1. The van der Waals surface area contributed by atoms with Gasteiger partial charge in [0.25, 0.3) is 0 Å². The summed E-state index contributed by atoms with van der Waals surface area (Å²) in [6.07, 6.45) is 3.83. The van der Waals surface area contributed by atoms with Crippen molar-refractivity contribution in [2.75, 3.05) is 33.7 Å². The minimum Gasteiger partial charge on any atom is -0.328 e. The molecule has 1 saturated heterocycles. The molecule has 2 aliphatic rings. The molecule has 0 bridgehead atoms. The largest absolute Gasteiger partial charge is 0.328 e. The second kappa shape index (κ2) is 5.03. The van der Waals surface area contributed by atoms with E-state index in [1.54, 1.807) is 0 Å². The number of nitrogens with two attached hydrogens (primary N) is 1. The van der Waals surface area contributed by atoms with Crippen LogP contribution in [0.3, 0.4) is 0 Å². The minimum absolute atomic E-state index is 0.481. The second-order valence-electron chi connectivity index (χ2n) is 6.17. The molecule has 0 aromatic carbocycles. The fourth-order valence-corrected chi connectivity index (χ4v) is 3.51. The highest BCUT2D eigenvalue weighted by Gasteiger charge is 2.33. The van der Waals surface area contributed by atoms with E-state index in [4.69, 9.17) is 5.73 Å². The van der Waals surface area contributed by atoms with Gasteiger partial charge in [0.05, 0.1) is 0 Å². The molecular formula is C13H27N3. The average Bonchev–Trinajstić information content (AvgIpc) is 2.73. The second-order valence-corrected chi connectivity index (χ2v) is 6.17. The summed E-state index contributed by atoms with van der Waals surface area (Å²) in [6.45, 7) is 6.18. The fourth-order valence-electron chi connectivity index (χ4n) is 3.51. The molecule has 16 heavy (non-hydrogen) atoms. The molecule has 2 N–H and O–H groups in total. The van der Waals surface area contributed by atoms with Crippen molar-refractivity contribution in [2.24, 2.45) is 17.6 Å². The van der Waals surface area contributed by atoms with E-state index in [2.05, 4.69) is 30.8 Å². The van der Waals surface area contributed by atoms with E-state index in [0.717, 1.165) is 17.9 Å². The third-order valence-corrected chi connectivity index (χ3v) is 4.41. The van der Waals surface area contributed by atoms with Gasteiger partial charge in [-0.05, 0) is 45.2 Å². The predicted octanol–water partition coefficient (Wildman–Crippen LogP) is 0.996. The molecule has 0 amide bonds. The molecule has 0 aromatic heterocycles. The highest BCUT2D eigenvalue weighted by molar-refractivity contribution is 4.89. The van der Waals surface area contributed by atoms with Gasteiger partial charge in [0.15, 0.2) is 0 Å². The fraction of sp³-hybridized carbons (Fsp3) is 1.00. The van der Waals surface area contributed by atoms with Gasteiger partial charge in [-0.15, -0.1) is 0 Å². The first-order valence-electron chi connectivity index (χ1n) is 6.70. The molecule has 0 spiro atoms. The molecule has 2 fully saturated rings. The van der Waals surface area contributed by atoms with Crippen molar-refractivity contribution >= 4 is 0 Å². The van der Waals surface area contributed by atoms with Crippen LogP contribution in [0.4, 0.5) is 0 Å². The lowest BCUT2D eigenvalue weighted by molar-refractivity contribution is 0.238. The van der Waals surface area contributed by atoms with Gasteiger partial charge in [0.1, 0.15) is 0 Å². The van der Waals surface area contributed by atoms with Crippen molar-refractivity contribution in [3.63, 3.8) is 0 Å². The summed E-state index contributed by atoms with van der Waals surface area (Å²) in [5.41, 5.74) is 5.98. The molecule has 1 aliphatic heterocycles. The van der Waals surface area contributed by atoms with E-state index in [0.29, 0.717) is 6.04 Å². The molecule has 4 atom stereocenters. The summed E-state index contributed by atoms with van der Waals surface area (Å²) in [5, 5.41) is 0. The standard InChI is InChI=1S/C13H27N3/c1-10-7-16(9-13(10)15(2)3)8-11-4-5-12(14)6-11/h10-13H,4-9,14H2,1-3H3. The summed E-state index contributed by atoms with van der Waals surface area (Å²) in [5.74, 6) is 1.67. The Labute approximate surface area is 100.0 Å². The van der Waals surface area contributed by atoms with Gasteiger partial charge in [-0.25, -0.2) is 0 Å². The molecule has 94 valence electrons. The summed E-state index contributed by atoms with van der Waals surface area (Å²) in [7, 11) is 4.41. The smallest absolute Gasteiger partial charge is 0.0254 e. The molecule has 1 heterocycles. The Kier molecular flexibility index (Phi) is 3.88. The Balaban J connectivity index is 1.80. The predicted molar refractivity (Wildman–Crippen MR) is 68.4 cm³/mol. The van der Waals surface area contributed by atoms with Crippen LogP contribution >= 0.6 is 0 Å². The monoisotopic (exact) mass is 225 g/mol. The lowest BCUT2D eigenvalue weighted by atomic mass is 10.1. The van der Waals surface area contributed by atoms with E-state index < -0.39 is 0 Å². The first-order valence-corrected chi connectivity index (χ1v) is 6.70. The third-order valence-electron chi connectivity index (χ3n) is 4.41. The van der Waals surface area contributed by atoms with Crippen molar-refractivity contribution in [2.45, 2.75) is 38.3 Å². The average molecular weight is 225 g/mol. The quantitative estimate of drug-likeness (QED) is 0.777. The first-order chi connectivity index (χ1) is 7.56. The van der Waals surface area contributed by atoms with Crippen LogP contribution in [0.2, 0.25) is 0 Å². The van der Waals surface area contributed by atoms with Crippen molar-refractivity contribution < 1.29 is 0 Å². The molecule has 3 heteroatoms. The van der Waals surface area contributed by atoms with Gasteiger partial charge < -0.3 is 15.5 Å². The van der Waals surface area contributed by atoms with E-state index in [1.807, 2.05) is 0 Å². The summed E-state index contributed by atoms with van der Waals surface area (Å²) in [6, 6.07) is 1.23. The van der Waals surface area contributed by atoms with Gasteiger partial charge in [-0.2, -0.15) is 0 Å². The Morgan fingerprint density at radius 3 is 2.50 bits per heavy atom. The van der Waals surface area contributed by atoms with E-state index in [9.17, 15) is 0 Å². The van der Waals surface area contributed by atoms with Crippen molar-refractivity contribution in [3.05, 3.63) is 0 Å². The van der Waals surface area contributed by atoms with Crippen molar-refractivity contribution in [3.8, 4) is 0 Å². The van der Waals surface area contributed by atoms with Crippen LogP contribution in [0.25, 0.3) is 0 Å². The van der Waals surface area contributed by atoms with Gasteiger partial charge in [0, 0.05) is 31.7 Å². The summed E-state index contributed by atoms with van der Waals surface area (Å²) < 4.78 is 0. The highest BCUT2D eigenvalue weighted by atomic mass is 15.2. The molecule has 0 radical (unpaired) electrons. The van der Waals surface area contributed by atoms with Gasteiger partial charge in [-0.1, -0.05) is 6.92 Å². The molecule has 1 aliphatic carbocycles. The lowest BCUT2D eigenvalue weighted by Gasteiger charge is -2.23. The zero-order chi connectivity index (χ0) is 11.7. The van der Waals surface area contributed by atoms with Crippen molar-refractivity contribution in [1.82, 2.24) is 9.80 Å². The molecule has 3 nitrogen and oxygen atoms in total. The molecule has 0 aromatic rings. The Hall–Kier alpha value is -0.120. The lowest BCUT2D eigenvalue weighted by Crippen LogP contribution is -2.35. The topological polar surface area (TPSA) is 32.5 Å². The first kappa shape index (κ1) is 12.3. The zero-order valence-corrected chi connectivity index (χ0v) is 11.0. The van der Waals surface area contributed by atoms with E-state index >= 15 is 0 Å². The Morgan fingerprint density at radius 2 is 2.00 bits per heavy atom. The van der Waals surface area contributed by atoms with Crippen molar-refractivity contribution in [1.29, 1.82) is 0 Å². The number of likely N-dealkylation sites (tertiary alicyclic amines) is 1. The van der Waals surface area contributed by atoms with Crippen LogP contribution in [0, 0.1) is 11.8 Å². The zero-order valence-electron chi connectivity index (χ0n) is 11.0. The maximum atomic E-state index is 5.98. The number of nitrogens with zero attached hydrogens (tertiary/aromatic N) is 2. The van der Waals surface area contributed by atoms with Crippen LogP contribution in [0.1, 0.15) is 26.2 Å².